The highest BCUT2D eigenvalue weighted by Gasteiger charge is 2.10. The van der Waals surface area contributed by atoms with E-state index in [1.54, 1.807) is 7.11 Å². The summed E-state index contributed by atoms with van der Waals surface area (Å²) in [5.41, 5.74) is 2.15. The van der Waals surface area contributed by atoms with Crippen LogP contribution in [0, 0.1) is 4.77 Å². The molecule has 1 heterocycles. The summed E-state index contributed by atoms with van der Waals surface area (Å²) in [5, 5.41) is 7.15. The Morgan fingerprint density at radius 2 is 2.17 bits per heavy atom. The van der Waals surface area contributed by atoms with Gasteiger partial charge < -0.3 is 4.74 Å². The Kier molecular flexibility index (Phi) is 4.28. The van der Waals surface area contributed by atoms with Crippen molar-refractivity contribution in [2.75, 3.05) is 7.11 Å². The predicted octanol–water partition coefficient (Wildman–Crippen LogP) is 3.03. The van der Waals surface area contributed by atoms with Crippen LogP contribution in [0.15, 0.2) is 24.3 Å². The molecule has 2 aromatic rings. The van der Waals surface area contributed by atoms with E-state index < -0.39 is 0 Å². The zero-order chi connectivity index (χ0) is 13.0. The lowest BCUT2D eigenvalue weighted by atomic mass is 10.2. The van der Waals surface area contributed by atoms with Gasteiger partial charge in [-0.2, -0.15) is 5.10 Å². The van der Waals surface area contributed by atoms with E-state index in [1.807, 2.05) is 28.8 Å². The number of aryl methyl sites for hydroxylation is 1. The molecule has 0 unspecified atom stereocenters. The lowest BCUT2D eigenvalue weighted by Gasteiger charge is -2.11. The Bertz CT molecular complexity index is 574. The fourth-order valence-corrected chi connectivity index (χ4v) is 2.23. The van der Waals surface area contributed by atoms with Gasteiger partial charge in [-0.25, -0.2) is 0 Å². The molecule has 0 amide bonds. The number of nitrogens with zero attached hydrogens (tertiary/aromatic N) is 2. The Balaban J connectivity index is 2.54. The van der Waals surface area contributed by atoms with E-state index >= 15 is 0 Å². The molecule has 0 saturated heterocycles. The van der Waals surface area contributed by atoms with Crippen LogP contribution in [0.3, 0.4) is 0 Å². The van der Waals surface area contributed by atoms with Crippen LogP contribution in [0.2, 0.25) is 0 Å². The zero-order valence-corrected chi connectivity index (χ0v) is 11.5. The first-order valence-electron chi connectivity index (χ1n) is 6.01. The molecule has 18 heavy (non-hydrogen) atoms. The molecule has 0 atom stereocenters. The molecule has 0 aliphatic rings. The van der Waals surface area contributed by atoms with E-state index in [2.05, 4.69) is 17.1 Å². The van der Waals surface area contributed by atoms with Gasteiger partial charge in [-0.15, -0.1) is 0 Å². The molecule has 96 valence electrons. The van der Waals surface area contributed by atoms with E-state index in [9.17, 15) is 0 Å². The SMILES string of the molecule is CCCc1n[nH]c(=S)n1-c1ccccc1COC. The topological polar surface area (TPSA) is 42.8 Å². The third-order valence-electron chi connectivity index (χ3n) is 2.75. The zero-order valence-electron chi connectivity index (χ0n) is 10.6. The van der Waals surface area contributed by atoms with Gasteiger partial charge in [-0.05, 0) is 24.7 Å². The fraction of sp³-hybridized carbons (Fsp3) is 0.385. The molecule has 5 heteroatoms. The van der Waals surface area contributed by atoms with E-state index in [0.717, 1.165) is 29.9 Å². The van der Waals surface area contributed by atoms with Crippen LogP contribution in [0.25, 0.3) is 5.69 Å². The number of ether oxygens (including phenoxy) is 1. The van der Waals surface area contributed by atoms with Crippen molar-refractivity contribution in [2.45, 2.75) is 26.4 Å². The first kappa shape index (κ1) is 13.0. The lowest BCUT2D eigenvalue weighted by molar-refractivity contribution is 0.184. The maximum atomic E-state index is 5.32. The van der Waals surface area contributed by atoms with Crippen LogP contribution in [0.5, 0.6) is 0 Å². The van der Waals surface area contributed by atoms with E-state index in [4.69, 9.17) is 17.0 Å². The van der Waals surface area contributed by atoms with E-state index in [1.165, 1.54) is 0 Å². The van der Waals surface area contributed by atoms with Crippen molar-refractivity contribution in [3.8, 4) is 5.69 Å². The van der Waals surface area contributed by atoms with Crippen molar-refractivity contribution < 1.29 is 4.74 Å². The Hall–Kier alpha value is -1.46. The predicted molar refractivity (Wildman–Crippen MR) is 73.5 cm³/mol. The van der Waals surface area contributed by atoms with Gasteiger partial charge in [0.25, 0.3) is 0 Å². The third-order valence-corrected chi connectivity index (χ3v) is 3.02. The fourth-order valence-electron chi connectivity index (χ4n) is 1.98. The van der Waals surface area contributed by atoms with Crippen LogP contribution < -0.4 is 0 Å². The molecule has 0 fully saturated rings. The number of aromatic amines is 1. The number of hydrogen-bond acceptors (Lipinski definition) is 3. The molecule has 0 spiro atoms. The van der Waals surface area contributed by atoms with Gasteiger partial charge in [0, 0.05) is 19.1 Å². The summed E-state index contributed by atoms with van der Waals surface area (Å²) < 4.78 is 7.85. The second-order valence-corrected chi connectivity index (χ2v) is 4.48. The average Bonchev–Trinajstić information content (AvgIpc) is 2.73. The van der Waals surface area contributed by atoms with Crippen molar-refractivity contribution in [2.24, 2.45) is 0 Å². The van der Waals surface area contributed by atoms with Gasteiger partial charge in [0.05, 0.1) is 12.3 Å². The van der Waals surface area contributed by atoms with E-state index in [-0.39, 0.29) is 0 Å². The lowest BCUT2D eigenvalue weighted by Crippen LogP contribution is -2.05. The average molecular weight is 263 g/mol. The number of rotatable bonds is 5. The molecule has 0 bridgehead atoms. The highest BCUT2D eigenvalue weighted by molar-refractivity contribution is 7.71. The Morgan fingerprint density at radius 3 is 2.89 bits per heavy atom. The Labute approximate surface area is 112 Å². The largest absolute Gasteiger partial charge is 0.380 e. The number of H-pyrrole nitrogens is 1. The summed E-state index contributed by atoms with van der Waals surface area (Å²) in [7, 11) is 1.69. The van der Waals surface area contributed by atoms with Crippen molar-refractivity contribution >= 4 is 12.2 Å². The minimum Gasteiger partial charge on any atom is -0.380 e. The summed E-state index contributed by atoms with van der Waals surface area (Å²) >= 11 is 5.32. The summed E-state index contributed by atoms with van der Waals surface area (Å²) in [6, 6.07) is 8.09. The molecular formula is C13H17N3OS. The molecular weight excluding hydrogens is 246 g/mol. The molecule has 1 aromatic carbocycles. The molecule has 1 N–H and O–H groups in total. The molecule has 2 rings (SSSR count). The van der Waals surface area contributed by atoms with Gasteiger partial charge in [0.15, 0.2) is 4.77 Å². The summed E-state index contributed by atoms with van der Waals surface area (Å²) in [5.74, 6) is 0.964. The van der Waals surface area contributed by atoms with Gasteiger partial charge in [-0.1, -0.05) is 25.1 Å². The van der Waals surface area contributed by atoms with Crippen LogP contribution in [-0.4, -0.2) is 21.9 Å². The van der Waals surface area contributed by atoms with Crippen molar-refractivity contribution in [3.05, 3.63) is 40.4 Å². The first-order valence-corrected chi connectivity index (χ1v) is 6.42. The van der Waals surface area contributed by atoms with Gasteiger partial charge in [0.1, 0.15) is 5.82 Å². The number of benzene rings is 1. The smallest absolute Gasteiger partial charge is 0.199 e. The van der Waals surface area contributed by atoms with Crippen molar-refractivity contribution in [3.63, 3.8) is 0 Å². The molecule has 0 radical (unpaired) electrons. The molecule has 0 aliphatic carbocycles. The maximum Gasteiger partial charge on any atom is 0.199 e. The van der Waals surface area contributed by atoms with Crippen molar-refractivity contribution in [1.82, 2.24) is 14.8 Å². The summed E-state index contributed by atoms with van der Waals surface area (Å²) in [6.07, 6.45) is 1.93. The monoisotopic (exact) mass is 263 g/mol. The first-order chi connectivity index (χ1) is 8.77. The molecule has 0 saturated carbocycles. The van der Waals surface area contributed by atoms with Gasteiger partial charge in [-0.3, -0.25) is 9.67 Å². The van der Waals surface area contributed by atoms with Crippen LogP contribution in [0.1, 0.15) is 24.7 Å². The summed E-state index contributed by atoms with van der Waals surface area (Å²) in [4.78, 5) is 0. The minimum absolute atomic E-state index is 0.564. The number of nitrogens with one attached hydrogen (secondary N) is 1. The highest BCUT2D eigenvalue weighted by atomic mass is 32.1. The second-order valence-electron chi connectivity index (χ2n) is 4.09. The number of para-hydroxylation sites is 1. The highest BCUT2D eigenvalue weighted by Crippen LogP contribution is 2.18. The van der Waals surface area contributed by atoms with Gasteiger partial charge in [0.2, 0.25) is 0 Å². The standard InChI is InChI=1S/C13H17N3OS/c1-3-6-12-14-15-13(18)16(12)11-8-5-4-7-10(11)9-17-2/h4-5,7-8H,3,6,9H2,1-2H3,(H,15,18). The van der Waals surface area contributed by atoms with Gasteiger partial charge >= 0.3 is 0 Å². The molecule has 4 nitrogen and oxygen atoms in total. The maximum absolute atomic E-state index is 5.32. The summed E-state index contributed by atoms with van der Waals surface area (Å²) in [6.45, 7) is 2.69. The van der Waals surface area contributed by atoms with Crippen molar-refractivity contribution in [1.29, 1.82) is 0 Å². The molecule has 0 aliphatic heterocycles. The number of methoxy groups -OCH3 is 1. The van der Waals surface area contributed by atoms with Crippen LogP contribution >= 0.6 is 12.2 Å². The quantitative estimate of drug-likeness (QED) is 0.843. The Morgan fingerprint density at radius 1 is 1.39 bits per heavy atom. The third kappa shape index (κ3) is 2.52. The minimum atomic E-state index is 0.564. The number of hydrogen-bond donors (Lipinski definition) is 1. The van der Waals surface area contributed by atoms with Crippen LogP contribution in [-0.2, 0) is 17.8 Å². The second kappa shape index (κ2) is 5.93. The normalized spacial score (nSPS) is 10.8. The van der Waals surface area contributed by atoms with Crippen LogP contribution in [0.4, 0.5) is 0 Å². The number of aromatic nitrogens is 3. The molecule has 1 aromatic heterocycles. The van der Waals surface area contributed by atoms with E-state index in [0.29, 0.717) is 11.4 Å².